The summed E-state index contributed by atoms with van der Waals surface area (Å²) in [5, 5.41) is 1.69. The topological polar surface area (TPSA) is 31.2 Å². The van der Waals surface area contributed by atoms with Crippen LogP contribution in [0.1, 0.15) is 19.8 Å². The summed E-state index contributed by atoms with van der Waals surface area (Å²) in [6.07, 6.45) is 3.98. The summed E-state index contributed by atoms with van der Waals surface area (Å²) in [7, 11) is 1.63. The zero-order chi connectivity index (χ0) is 12.3. The maximum Gasteiger partial charge on any atom is 0.258 e. The molecule has 0 spiro atoms. The predicted octanol–water partition coefficient (Wildman–Crippen LogP) is 2.81. The van der Waals surface area contributed by atoms with Gasteiger partial charge in [0.2, 0.25) is 0 Å². The molecule has 0 aliphatic carbocycles. The second kappa shape index (κ2) is 5.04. The Hall–Kier alpha value is -1.77. The normalized spacial score (nSPS) is 10.7. The maximum absolute atomic E-state index is 12.2. The molecule has 1 aromatic carbocycles. The van der Waals surface area contributed by atoms with Crippen LogP contribution in [0.15, 0.2) is 35.3 Å². The summed E-state index contributed by atoms with van der Waals surface area (Å²) < 4.78 is 6.92. The van der Waals surface area contributed by atoms with E-state index >= 15 is 0 Å². The molecular weight excluding hydrogens is 214 g/mol. The van der Waals surface area contributed by atoms with Crippen molar-refractivity contribution in [3.8, 4) is 5.75 Å². The molecule has 3 nitrogen and oxygen atoms in total. The van der Waals surface area contributed by atoms with E-state index in [0.29, 0.717) is 0 Å². The lowest BCUT2D eigenvalue weighted by Gasteiger charge is -2.07. The highest BCUT2D eigenvalue weighted by Gasteiger charge is 2.03. The lowest BCUT2D eigenvalue weighted by molar-refractivity contribution is 0.415. The number of nitrogens with zero attached hydrogens (tertiary/aromatic N) is 1. The summed E-state index contributed by atoms with van der Waals surface area (Å²) in [5.41, 5.74) is 0.0820. The SMILES string of the molecule is CCCCn1ccc2cc(OC)ccc2c1=O. The third kappa shape index (κ3) is 2.33. The highest BCUT2D eigenvalue weighted by molar-refractivity contribution is 5.82. The van der Waals surface area contributed by atoms with Crippen LogP contribution in [0, 0.1) is 0 Å². The van der Waals surface area contributed by atoms with Crippen LogP contribution in [0.4, 0.5) is 0 Å². The number of methoxy groups -OCH3 is 1. The van der Waals surface area contributed by atoms with Gasteiger partial charge in [0.1, 0.15) is 5.75 Å². The number of ether oxygens (including phenoxy) is 1. The standard InChI is InChI=1S/C14H17NO2/c1-3-4-8-15-9-7-11-10-12(17-2)5-6-13(11)14(15)16/h5-7,9-10H,3-4,8H2,1-2H3. The third-order valence-electron chi connectivity index (χ3n) is 2.94. The van der Waals surface area contributed by atoms with Crippen molar-refractivity contribution < 1.29 is 4.74 Å². The molecule has 0 fully saturated rings. The van der Waals surface area contributed by atoms with Crippen molar-refractivity contribution >= 4 is 10.8 Å². The van der Waals surface area contributed by atoms with Crippen molar-refractivity contribution in [2.45, 2.75) is 26.3 Å². The molecule has 0 atom stereocenters. The van der Waals surface area contributed by atoms with Crippen LogP contribution < -0.4 is 10.3 Å². The number of aryl methyl sites for hydroxylation is 1. The molecule has 1 aromatic heterocycles. The van der Waals surface area contributed by atoms with E-state index in [4.69, 9.17) is 4.74 Å². The van der Waals surface area contributed by atoms with Crippen LogP contribution in [0.25, 0.3) is 10.8 Å². The van der Waals surface area contributed by atoms with Gasteiger partial charge in [0, 0.05) is 18.1 Å². The molecule has 0 aliphatic rings. The van der Waals surface area contributed by atoms with E-state index in [1.54, 1.807) is 11.7 Å². The van der Waals surface area contributed by atoms with Gasteiger partial charge in [-0.3, -0.25) is 4.79 Å². The Labute approximate surface area is 101 Å². The fraction of sp³-hybridized carbons (Fsp3) is 0.357. The second-order valence-corrected chi connectivity index (χ2v) is 4.12. The lowest BCUT2D eigenvalue weighted by Crippen LogP contribution is -2.19. The summed E-state index contributed by atoms with van der Waals surface area (Å²) in [6, 6.07) is 7.52. The number of benzene rings is 1. The van der Waals surface area contributed by atoms with E-state index < -0.39 is 0 Å². The monoisotopic (exact) mass is 231 g/mol. The van der Waals surface area contributed by atoms with E-state index in [1.807, 2.05) is 30.5 Å². The van der Waals surface area contributed by atoms with E-state index in [9.17, 15) is 4.79 Å². The molecule has 0 bridgehead atoms. The van der Waals surface area contributed by atoms with E-state index in [0.717, 1.165) is 35.9 Å². The molecular formula is C14H17NO2. The molecule has 0 aliphatic heterocycles. The van der Waals surface area contributed by atoms with Gasteiger partial charge in [-0.1, -0.05) is 13.3 Å². The number of hydrogen-bond donors (Lipinski definition) is 0. The van der Waals surface area contributed by atoms with E-state index in [-0.39, 0.29) is 5.56 Å². The van der Waals surface area contributed by atoms with Crippen molar-refractivity contribution in [1.82, 2.24) is 4.57 Å². The maximum atomic E-state index is 12.2. The van der Waals surface area contributed by atoms with Crippen molar-refractivity contribution in [3.05, 3.63) is 40.8 Å². The Morgan fingerprint density at radius 1 is 1.29 bits per heavy atom. The first-order valence-electron chi connectivity index (χ1n) is 5.93. The van der Waals surface area contributed by atoms with Gasteiger partial charge < -0.3 is 9.30 Å². The van der Waals surface area contributed by atoms with Gasteiger partial charge in [-0.2, -0.15) is 0 Å². The van der Waals surface area contributed by atoms with Crippen LogP contribution in [0.5, 0.6) is 5.75 Å². The van der Waals surface area contributed by atoms with Crippen LogP contribution in [-0.4, -0.2) is 11.7 Å². The van der Waals surface area contributed by atoms with Crippen molar-refractivity contribution in [1.29, 1.82) is 0 Å². The number of unbranched alkanes of at least 4 members (excludes halogenated alkanes) is 1. The molecule has 1 heterocycles. The Morgan fingerprint density at radius 2 is 2.12 bits per heavy atom. The minimum Gasteiger partial charge on any atom is -0.497 e. The molecule has 0 N–H and O–H groups in total. The van der Waals surface area contributed by atoms with Gasteiger partial charge >= 0.3 is 0 Å². The largest absolute Gasteiger partial charge is 0.497 e. The number of fused-ring (bicyclic) bond motifs is 1. The average Bonchev–Trinajstić information content (AvgIpc) is 2.37. The molecule has 17 heavy (non-hydrogen) atoms. The van der Waals surface area contributed by atoms with Gasteiger partial charge in [-0.05, 0) is 36.1 Å². The molecule has 0 saturated heterocycles. The van der Waals surface area contributed by atoms with Gasteiger partial charge in [0.25, 0.3) is 5.56 Å². The Morgan fingerprint density at radius 3 is 2.82 bits per heavy atom. The van der Waals surface area contributed by atoms with Gasteiger partial charge in [0.15, 0.2) is 0 Å². The fourth-order valence-electron chi connectivity index (χ4n) is 1.90. The molecule has 3 heteroatoms. The smallest absolute Gasteiger partial charge is 0.258 e. The van der Waals surface area contributed by atoms with Crippen LogP contribution in [0.3, 0.4) is 0 Å². The first-order valence-corrected chi connectivity index (χ1v) is 5.93. The van der Waals surface area contributed by atoms with Gasteiger partial charge in [-0.15, -0.1) is 0 Å². The highest BCUT2D eigenvalue weighted by Crippen LogP contribution is 2.17. The number of rotatable bonds is 4. The Kier molecular flexibility index (Phi) is 3.47. The first-order chi connectivity index (χ1) is 8.26. The Balaban J connectivity index is 2.49. The molecule has 0 saturated carbocycles. The number of pyridine rings is 1. The molecule has 0 unspecified atom stereocenters. The first kappa shape index (κ1) is 11.7. The zero-order valence-corrected chi connectivity index (χ0v) is 10.3. The van der Waals surface area contributed by atoms with Crippen molar-refractivity contribution in [2.24, 2.45) is 0 Å². The summed E-state index contributed by atoms with van der Waals surface area (Å²) in [5.74, 6) is 0.781. The highest BCUT2D eigenvalue weighted by atomic mass is 16.5. The molecule has 90 valence electrons. The molecule has 0 radical (unpaired) electrons. The van der Waals surface area contributed by atoms with Crippen LogP contribution >= 0.6 is 0 Å². The quantitative estimate of drug-likeness (QED) is 0.810. The van der Waals surface area contributed by atoms with Gasteiger partial charge in [0.05, 0.1) is 7.11 Å². The average molecular weight is 231 g/mol. The zero-order valence-electron chi connectivity index (χ0n) is 10.3. The predicted molar refractivity (Wildman–Crippen MR) is 69.7 cm³/mol. The van der Waals surface area contributed by atoms with Gasteiger partial charge in [-0.25, -0.2) is 0 Å². The lowest BCUT2D eigenvalue weighted by atomic mass is 10.1. The minimum absolute atomic E-state index is 0.0820. The second-order valence-electron chi connectivity index (χ2n) is 4.12. The molecule has 2 rings (SSSR count). The molecule has 2 aromatic rings. The number of hydrogen-bond acceptors (Lipinski definition) is 2. The number of aromatic nitrogens is 1. The minimum atomic E-state index is 0.0820. The fourth-order valence-corrected chi connectivity index (χ4v) is 1.90. The van der Waals surface area contributed by atoms with E-state index in [1.165, 1.54) is 0 Å². The van der Waals surface area contributed by atoms with Crippen LogP contribution in [-0.2, 0) is 6.54 Å². The molecule has 0 amide bonds. The summed E-state index contributed by atoms with van der Waals surface area (Å²) >= 11 is 0. The summed E-state index contributed by atoms with van der Waals surface area (Å²) in [6.45, 7) is 2.91. The summed E-state index contributed by atoms with van der Waals surface area (Å²) in [4.78, 5) is 12.2. The van der Waals surface area contributed by atoms with Crippen LogP contribution in [0.2, 0.25) is 0 Å². The van der Waals surface area contributed by atoms with Crippen molar-refractivity contribution in [3.63, 3.8) is 0 Å². The third-order valence-corrected chi connectivity index (χ3v) is 2.94. The van der Waals surface area contributed by atoms with E-state index in [2.05, 4.69) is 6.92 Å². The van der Waals surface area contributed by atoms with Crippen molar-refractivity contribution in [2.75, 3.05) is 7.11 Å². The Bertz CT molecular complexity index is 572.